The van der Waals surface area contributed by atoms with E-state index in [0.717, 1.165) is 5.92 Å². The molecule has 18 heavy (non-hydrogen) atoms. The summed E-state index contributed by atoms with van der Waals surface area (Å²) < 4.78 is 1.19. The van der Waals surface area contributed by atoms with E-state index in [4.69, 9.17) is 0 Å². The fourth-order valence-electron chi connectivity index (χ4n) is 3.44. The van der Waals surface area contributed by atoms with E-state index >= 15 is 0 Å². The number of halogens is 1. The minimum Gasteiger partial charge on any atom is -0.382 e. The minimum atomic E-state index is 0.468. The van der Waals surface area contributed by atoms with Crippen LogP contribution in [0.15, 0.2) is 22.7 Å². The Hall–Kier alpha value is -0.500. The number of nitrogens with one attached hydrogen (secondary N) is 1. The summed E-state index contributed by atoms with van der Waals surface area (Å²) in [5, 5.41) is 3.75. The van der Waals surface area contributed by atoms with E-state index in [1.807, 2.05) is 0 Å². The molecule has 1 aromatic carbocycles. The molecule has 0 bridgehead atoms. The highest BCUT2D eigenvalue weighted by Crippen LogP contribution is 2.40. The smallest absolute Gasteiger partial charge is 0.0383 e. The molecule has 2 unspecified atom stereocenters. The average Bonchev–Trinajstić information content (AvgIpc) is 2.22. The van der Waals surface area contributed by atoms with E-state index in [1.54, 1.807) is 0 Å². The van der Waals surface area contributed by atoms with Crippen molar-refractivity contribution < 1.29 is 0 Å². The first-order chi connectivity index (χ1) is 8.37. The molecule has 2 atom stereocenters. The predicted octanol–water partition coefficient (Wildman–Crippen LogP) is 5.38. The first-order valence-corrected chi connectivity index (χ1v) is 7.68. The molecule has 2 rings (SSSR count). The molecule has 1 saturated carbocycles. The second-order valence-corrected chi connectivity index (χ2v) is 7.52. The van der Waals surface area contributed by atoms with Crippen LogP contribution in [-0.4, -0.2) is 6.04 Å². The lowest BCUT2D eigenvalue weighted by Gasteiger charge is -2.39. The van der Waals surface area contributed by atoms with Gasteiger partial charge in [-0.25, -0.2) is 0 Å². The molecule has 1 nitrogen and oxygen atoms in total. The third kappa shape index (κ3) is 3.28. The van der Waals surface area contributed by atoms with Crippen molar-refractivity contribution in [3.63, 3.8) is 0 Å². The van der Waals surface area contributed by atoms with Crippen LogP contribution >= 0.6 is 15.9 Å². The van der Waals surface area contributed by atoms with Crippen molar-refractivity contribution in [2.45, 2.75) is 53.0 Å². The maximum absolute atomic E-state index is 3.75. The van der Waals surface area contributed by atoms with Gasteiger partial charge in [0.15, 0.2) is 0 Å². The normalized spacial score (nSPS) is 26.9. The Balaban J connectivity index is 2.11. The molecule has 0 heterocycles. The second-order valence-electron chi connectivity index (χ2n) is 6.67. The van der Waals surface area contributed by atoms with Gasteiger partial charge in [-0.05, 0) is 55.2 Å². The lowest BCUT2D eigenvalue weighted by molar-refractivity contribution is 0.178. The van der Waals surface area contributed by atoms with Gasteiger partial charge in [-0.3, -0.25) is 0 Å². The van der Waals surface area contributed by atoms with Gasteiger partial charge in [-0.15, -0.1) is 0 Å². The van der Waals surface area contributed by atoms with Gasteiger partial charge in [0.05, 0.1) is 0 Å². The Kier molecular flexibility index (Phi) is 4.05. The van der Waals surface area contributed by atoms with Crippen LogP contribution in [0.5, 0.6) is 0 Å². The molecule has 2 heteroatoms. The van der Waals surface area contributed by atoms with Crippen LogP contribution in [0.3, 0.4) is 0 Å². The van der Waals surface area contributed by atoms with Crippen LogP contribution in [0.2, 0.25) is 0 Å². The zero-order chi connectivity index (χ0) is 13.3. The Morgan fingerprint density at radius 1 is 1.28 bits per heavy atom. The number of anilines is 1. The zero-order valence-corrected chi connectivity index (χ0v) is 13.5. The van der Waals surface area contributed by atoms with E-state index < -0.39 is 0 Å². The third-order valence-electron chi connectivity index (χ3n) is 4.01. The fraction of sp³-hybridized carbons (Fsp3) is 0.625. The van der Waals surface area contributed by atoms with Crippen molar-refractivity contribution in [1.82, 2.24) is 0 Å². The summed E-state index contributed by atoms with van der Waals surface area (Å²) in [5.74, 6) is 0.818. The summed E-state index contributed by atoms with van der Waals surface area (Å²) >= 11 is 3.61. The standard InChI is InChI=1S/C16H24BrN/c1-11-8-13(10-16(3,4)9-11)18-15-7-5-6-14(17)12(15)2/h5-7,11,13,18H,8-10H2,1-4H3. The lowest BCUT2D eigenvalue weighted by Crippen LogP contribution is -2.35. The predicted molar refractivity (Wildman–Crippen MR) is 83.1 cm³/mol. The van der Waals surface area contributed by atoms with Gasteiger partial charge in [0.25, 0.3) is 0 Å². The summed E-state index contributed by atoms with van der Waals surface area (Å²) in [7, 11) is 0. The number of hydrogen-bond acceptors (Lipinski definition) is 1. The highest BCUT2D eigenvalue weighted by atomic mass is 79.9. The number of rotatable bonds is 2. The molecule has 1 aliphatic rings. The molecule has 0 aromatic heterocycles. The average molecular weight is 310 g/mol. The summed E-state index contributed by atoms with van der Waals surface area (Å²) in [4.78, 5) is 0. The zero-order valence-electron chi connectivity index (χ0n) is 11.9. The quantitative estimate of drug-likeness (QED) is 0.773. The third-order valence-corrected chi connectivity index (χ3v) is 4.87. The van der Waals surface area contributed by atoms with Crippen LogP contribution in [0.1, 0.15) is 45.6 Å². The Morgan fingerprint density at radius 2 is 2.00 bits per heavy atom. The molecular formula is C16H24BrN. The van der Waals surface area contributed by atoms with E-state index in [9.17, 15) is 0 Å². The first kappa shape index (κ1) is 13.9. The molecule has 0 amide bonds. The Labute approximate surface area is 119 Å². The summed E-state index contributed by atoms with van der Waals surface area (Å²) in [5.41, 5.74) is 3.06. The Morgan fingerprint density at radius 3 is 2.67 bits per heavy atom. The highest BCUT2D eigenvalue weighted by molar-refractivity contribution is 9.10. The van der Waals surface area contributed by atoms with Crippen LogP contribution in [-0.2, 0) is 0 Å². The van der Waals surface area contributed by atoms with E-state index in [1.165, 1.54) is 35.0 Å². The molecule has 1 fully saturated rings. The maximum atomic E-state index is 3.75. The fourth-order valence-corrected chi connectivity index (χ4v) is 3.81. The van der Waals surface area contributed by atoms with E-state index in [2.05, 4.69) is 67.1 Å². The van der Waals surface area contributed by atoms with Crippen molar-refractivity contribution >= 4 is 21.6 Å². The van der Waals surface area contributed by atoms with Gasteiger partial charge < -0.3 is 5.32 Å². The molecule has 1 aliphatic carbocycles. The van der Waals surface area contributed by atoms with Crippen molar-refractivity contribution in [2.24, 2.45) is 11.3 Å². The highest BCUT2D eigenvalue weighted by Gasteiger charge is 2.32. The van der Waals surface area contributed by atoms with Gasteiger partial charge >= 0.3 is 0 Å². The van der Waals surface area contributed by atoms with Gasteiger partial charge in [0.1, 0.15) is 0 Å². The monoisotopic (exact) mass is 309 g/mol. The number of hydrogen-bond donors (Lipinski definition) is 1. The van der Waals surface area contributed by atoms with Crippen LogP contribution in [0.25, 0.3) is 0 Å². The van der Waals surface area contributed by atoms with E-state index in [0.29, 0.717) is 11.5 Å². The SMILES string of the molecule is Cc1c(Br)cccc1NC1CC(C)CC(C)(C)C1. The molecule has 0 aliphatic heterocycles. The molecular weight excluding hydrogens is 286 g/mol. The largest absolute Gasteiger partial charge is 0.382 e. The van der Waals surface area contributed by atoms with Crippen molar-refractivity contribution in [2.75, 3.05) is 5.32 Å². The molecule has 1 aromatic rings. The molecule has 0 radical (unpaired) electrons. The van der Waals surface area contributed by atoms with Gasteiger partial charge in [-0.2, -0.15) is 0 Å². The molecule has 100 valence electrons. The van der Waals surface area contributed by atoms with Crippen molar-refractivity contribution in [1.29, 1.82) is 0 Å². The van der Waals surface area contributed by atoms with Crippen LogP contribution in [0.4, 0.5) is 5.69 Å². The Bertz CT molecular complexity index is 425. The molecule has 0 spiro atoms. The maximum Gasteiger partial charge on any atom is 0.0383 e. The molecule has 0 saturated heterocycles. The first-order valence-electron chi connectivity index (χ1n) is 6.89. The van der Waals surface area contributed by atoms with Gasteiger partial charge in [-0.1, -0.05) is 42.8 Å². The summed E-state index contributed by atoms with van der Waals surface area (Å²) in [6, 6.07) is 7.01. The van der Waals surface area contributed by atoms with E-state index in [-0.39, 0.29) is 0 Å². The van der Waals surface area contributed by atoms with Gasteiger partial charge in [0.2, 0.25) is 0 Å². The van der Waals surface area contributed by atoms with Crippen molar-refractivity contribution in [3.8, 4) is 0 Å². The topological polar surface area (TPSA) is 12.0 Å². The number of benzene rings is 1. The lowest BCUT2D eigenvalue weighted by atomic mass is 9.70. The molecule has 1 N–H and O–H groups in total. The van der Waals surface area contributed by atoms with Crippen molar-refractivity contribution in [3.05, 3.63) is 28.2 Å². The second kappa shape index (κ2) is 5.24. The summed E-state index contributed by atoms with van der Waals surface area (Å²) in [6.07, 6.45) is 3.90. The summed E-state index contributed by atoms with van der Waals surface area (Å²) in [6.45, 7) is 9.34. The van der Waals surface area contributed by atoms with Crippen LogP contribution < -0.4 is 5.32 Å². The van der Waals surface area contributed by atoms with Gasteiger partial charge in [0, 0.05) is 16.2 Å². The van der Waals surface area contributed by atoms with Crippen LogP contribution in [0, 0.1) is 18.3 Å². The minimum absolute atomic E-state index is 0.468.